The second-order valence-electron chi connectivity index (χ2n) is 14.5. The first-order chi connectivity index (χ1) is 27.8. The maximum absolute atomic E-state index is 15.8. The maximum Gasteiger partial charge on any atom is 0.418 e. The molecule has 0 aliphatic rings. The Morgan fingerprint density at radius 1 is 0.439 bits per heavy atom. The number of alkyl halides is 3. The van der Waals surface area contributed by atoms with E-state index in [0.717, 1.165) is 60.4 Å². The number of fused-ring (bicyclic) bond motifs is 6. The van der Waals surface area contributed by atoms with Crippen LogP contribution in [0.25, 0.3) is 88.4 Å². The molecule has 0 bridgehead atoms. The van der Waals surface area contributed by atoms with Gasteiger partial charge in [-0.05, 0) is 95.4 Å². The number of para-hydroxylation sites is 2. The monoisotopic (exact) mass is 743 g/mol. The molecule has 0 atom stereocenters. The highest BCUT2D eigenvalue weighted by Gasteiger charge is 2.37. The lowest BCUT2D eigenvalue weighted by Gasteiger charge is -2.22. The van der Waals surface area contributed by atoms with Crippen molar-refractivity contribution in [3.63, 3.8) is 0 Å². The second-order valence-corrected chi connectivity index (χ2v) is 14.5. The van der Waals surface area contributed by atoms with E-state index >= 15 is 13.2 Å². The minimum atomic E-state index is -4.73. The third-order valence-electron chi connectivity index (χ3n) is 11.0. The predicted octanol–water partition coefficient (Wildman–Crippen LogP) is 14.1. The van der Waals surface area contributed by atoms with Gasteiger partial charge < -0.3 is 9.13 Å². The van der Waals surface area contributed by atoms with Crippen LogP contribution in [0.4, 0.5) is 13.2 Å². The van der Waals surface area contributed by atoms with Crippen LogP contribution in [0.3, 0.4) is 0 Å². The number of nitriles is 1. The Kier molecular flexibility index (Phi) is 7.88. The van der Waals surface area contributed by atoms with Gasteiger partial charge in [-0.3, -0.25) is 0 Å². The van der Waals surface area contributed by atoms with Crippen LogP contribution >= 0.6 is 0 Å². The van der Waals surface area contributed by atoms with Crippen molar-refractivity contribution in [2.24, 2.45) is 0 Å². The van der Waals surface area contributed by atoms with Crippen molar-refractivity contribution in [1.82, 2.24) is 9.13 Å². The Hall–Kier alpha value is -7.36. The molecule has 10 aromatic rings. The van der Waals surface area contributed by atoms with Gasteiger partial charge in [-0.15, -0.1) is 0 Å². The molecule has 0 radical (unpaired) electrons. The van der Waals surface area contributed by atoms with Crippen LogP contribution in [0.15, 0.2) is 176 Å². The molecule has 6 heteroatoms. The summed E-state index contributed by atoms with van der Waals surface area (Å²) in [5.41, 5.74) is 9.29. The molecule has 0 saturated carbocycles. The van der Waals surface area contributed by atoms with Crippen molar-refractivity contribution in [3.8, 4) is 50.8 Å². The van der Waals surface area contributed by atoms with E-state index in [1.54, 1.807) is 28.8 Å². The summed E-state index contributed by atoms with van der Waals surface area (Å²) in [6.07, 6.45) is -4.73. The van der Waals surface area contributed by atoms with E-state index in [1.165, 1.54) is 6.07 Å². The molecule has 57 heavy (non-hydrogen) atoms. The fourth-order valence-corrected chi connectivity index (χ4v) is 8.36. The van der Waals surface area contributed by atoms with Gasteiger partial charge in [0.25, 0.3) is 0 Å². The topological polar surface area (TPSA) is 33.6 Å². The Balaban J connectivity index is 1.30. The van der Waals surface area contributed by atoms with Crippen molar-refractivity contribution in [2.75, 3.05) is 0 Å². The van der Waals surface area contributed by atoms with Crippen LogP contribution in [-0.2, 0) is 6.18 Å². The fraction of sp³-hybridized carbons (Fsp3) is 0.0392. The van der Waals surface area contributed by atoms with Crippen molar-refractivity contribution >= 4 is 43.6 Å². The molecule has 8 aromatic carbocycles. The van der Waals surface area contributed by atoms with Crippen molar-refractivity contribution < 1.29 is 13.2 Å². The standard InChI is InChI=1S/C51H32F3N3/c1-32-18-20-35(21-19-32)37-23-25-48-43(28-37)40-15-6-8-17-46(40)57(48)50-29-41(38-13-9-10-33(26-38)31-55)49(30-44(50)51(52,53)54)56-45-16-7-5-14-39(45)42-27-36(22-24-47(42)56)34-11-3-2-4-12-34/h2-30H,1H3. The molecule has 10 rings (SSSR count). The molecule has 0 saturated heterocycles. The zero-order chi connectivity index (χ0) is 38.8. The molecule has 0 aliphatic carbocycles. The van der Waals surface area contributed by atoms with Crippen molar-refractivity contribution in [1.29, 1.82) is 5.26 Å². The molecule has 2 heterocycles. The Bertz CT molecular complexity index is 3230. The first-order valence-corrected chi connectivity index (χ1v) is 18.7. The third-order valence-corrected chi connectivity index (χ3v) is 11.0. The molecule has 0 amide bonds. The molecule has 0 N–H and O–H groups in total. The van der Waals surface area contributed by atoms with Gasteiger partial charge in [0.05, 0.1) is 50.6 Å². The van der Waals surface area contributed by atoms with Gasteiger partial charge in [-0.25, -0.2) is 0 Å². The summed E-state index contributed by atoms with van der Waals surface area (Å²) in [5, 5.41) is 13.5. The number of rotatable bonds is 5. The quantitative estimate of drug-likeness (QED) is 0.173. The number of aryl methyl sites for hydroxylation is 1. The summed E-state index contributed by atoms with van der Waals surface area (Å²) in [5.74, 6) is 0. The van der Waals surface area contributed by atoms with Gasteiger partial charge in [0.1, 0.15) is 0 Å². The molecule has 3 nitrogen and oxygen atoms in total. The normalized spacial score (nSPS) is 11.8. The van der Waals surface area contributed by atoms with E-state index in [-0.39, 0.29) is 5.69 Å². The zero-order valence-corrected chi connectivity index (χ0v) is 30.7. The van der Waals surface area contributed by atoms with Gasteiger partial charge in [-0.1, -0.05) is 121 Å². The van der Waals surface area contributed by atoms with Crippen LogP contribution in [0.1, 0.15) is 16.7 Å². The Labute approximate surface area is 326 Å². The number of nitrogens with zero attached hydrogens (tertiary/aromatic N) is 3. The highest BCUT2D eigenvalue weighted by molar-refractivity contribution is 6.12. The summed E-state index contributed by atoms with van der Waals surface area (Å²) >= 11 is 0. The Morgan fingerprint density at radius 2 is 0.947 bits per heavy atom. The van der Waals surface area contributed by atoms with Crippen LogP contribution in [0.2, 0.25) is 0 Å². The average Bonchev–Trinajstić information content (AvgIpc) is 3.75. The maximum atomic E-state index is 15.8. The van der Waals surface area contributed by atoms with Gasteiger partial charge in [0.15, 0.2) is 0 Å². The highest BCUT2D eigenvalue weighted by atomic mass is 19.4. The van der Waals surface area contributed by atoms with E-state index in [4.69, 9.17) is 0 Å². The van der Waals surface area contributed by atoms with E-state index in [0.29, 0.717) is 33.4 Å². The van der Waals surface area contributed by atoms with E-state index < -0.39 is 11.7 Å². The summed E-state index contributed by atoms with van der Waals surface area (Å²) < 4.78 is 51.2. The summed E-state index contributed by atoms with van der Waals surface area (Å²) in [7, 11) is 0. The molecule has 2 aromatic heterocycles. The average molecular weight is 744 g/mol. The molecule has 0 aliphatic heterocycles. The van der Waals surface area contributed by atoms with Gasteiger partial charge in [0, 0.05) is 27.1 Å². The number of hydrogen-bond acceptors (Lipinski definition) is 1. The number of aromatic nitrogens is 2. The lowest BCUT2D eigenvalue weighted by molar-refractivity contribution is -0.137. The molecular weight excluding hydrogens is 712 g/mol. The smallest absolute Gasteiger partial charge is 0.309 e. The lowest BCUT2D eigenvalue weighted by atomic mass is 9.97. The summed E-state index contributed by atoms with van der Waals surface area (Å²) in [6, 6.07) is 58.1. The highest BCUT2D eigenvalue weighted by Crippen LogP contribution is 2.45. The lowest BCUT2D eigenvalue weighted by Crippen LogP contribution is -2.13. The van der Waals surface area contributed by atoms with Crippen LogP contribution in [0, 0.1) is 18.3 Å². The molecule has 0 unspecified atom stereocenters. The van der Waals surface area contributed by atoms with Gasteiger partial charge >= 0.3 is 6.18 Å². The molecule has 0 fully saturated rings. The molecule has 0 spiro atoms. The van der Waals surface area contributed by atoms with Crippen LogP contribution in [-0.4, -0.2) is 9.13 Å². The minimum Gasteiger partial charge on any atom is -0.309 e. The number of halogens is 3. The molecular formula is C51H32F3N3. The second kappa shape index (κ2) is 13.1. The zero-order valence-electron chi connectivity index (χ0n) is 30.7. The minimum absolute atomic E-state index is 0.00466. The van der Waals surface area contributed by atoms with E-state index in [1.807, 2.05) is 121 Å². The fourth-order valence-electron chi connectivity index (χ4n) is 8.36. The number of benzene rings is 8. The first-order valence-electron chi connectivity index (χ1n) is 18.7. The van der Waals surface area contributed by atoms with E-state index in [2.05, 4.69) is 42.5 Å². The number of hydrogen-bond donors (Lipinski definition) is 0. The summed E-state index contributed by atoms with van der Waals surface area (Å²) in [6.45, 7) is 2.04. The predicted molar refractivity (Wildman–Crippen MR) is 226 cm³/mol. The SMILES string of the molecule is Cc1ccc(-c2ccc3c(c2)c2ccccc2n3-c2cc(-c3cccc(C#N)c3)c(-n3c4ccccc4c4cc(-c5ccccc5)ccc43)cc2C(F)(F)F)cc1. The van der Waals surface area contributed by atoms with Crippen LogP contribution < -0.4 is 0 Å². The van der Waals surface area contributed by atoms with Gasteiger partial charge in [0.2, 0.25) is 0 Å². The summed E-state index contributed by atoms with van der Waals surface area (Å²) in [4.78, 5) is 0. The molecule has 272 valence electrons. The third kappa shape index (κ3) is 5.67. The van der Waals surface area contributed by atoms with Crippen molar-refractivity contribution in [2.45, 2.75) is 13.1 Å². The van der Waals surface area contributed by atoms with E-state index in [9.17, 15) is 5.26 Å². The van der Waals surface area contributed by atoms with Crippen LogP contribution in [0.5, 0.6) is 0 Å². The van der Waals surface area contributed by atoms with Crippen molar-refractivity contribution in [3.05, 3.63) is 193 Å². The largest absolute Gasteiger partial charge is 0.418 e. The van der Waals surface area contributed by atoms with Gasteiger partial charge in [-0.2, -0.15) is 18.4 Å². The Morgan fingerprint density at radius 3 is 1.54 bits per heavy atom. The first kappa shape index (κ1) is 34.2.